The number of amides is 1. The molecule has 30 heavy (non-hydrogen) atoms. The van der Waals surface area contributed by atoms with Crippen LogP contribution in [-0.4, -0.2) is 41.9 Å². The molecule has 3 aromatic rings. The Hall–Kier alpha value is -2.83. The molecule has 1 aromatic heterocycles. The molecule has 2 aromatic carbocycles. The third kappa shape index (κ3) is 5.20. The first kappa shape index (κ1) is 20.4. The van der Waals surface area contributed by atoms with Crippen LogP contribution in [0.15, 0.2) is 65.1 Å². The highest BCUT2D eigenvalue weighted by atomic mass is 35.5. The van der Waals surface area contributed by atoms with Crippen LogP contribution in [0.3, 0.4) is 0 Å². The van der Waals surface area contributed by atoms with E-state index in [1.807, 2.05) is 18.2 Å². The van der Waals surface area contributed by atoms with Crippen molar-refractivity contribution in [1.82, 2.24) is 9.80 Å². The summed E-state index contributed by atoms with van der Waals surface area (Å²) >= 11 is 6.05. The van der Waals surface area contributed by atoms with Gasteiger partial charge >= 0.3 is 0 Å². The molecule has 0 spiro atoms. The number of carbonyl (C=O) groups is 1. The summed E-state index contributed by atoms with van der Waals surface area (Å²) in [5, 5.41) is 0.735. The normalized spacial score (nSPS) is 14.7. The lowest BCUT2D eigenvalue weighted by Gasteiger charge is -2.34. The molecule has 0 N–H and O–H groups in total. The van der Waals surface area contributed by atoms with E-state index in [0.717, 1.165) is 24.7 Å². The molecule has 1 fully saturated rings. The zero-order chi connectivity index (χ0) is 20.9. The van der Waals surface area contributed by atoms with Crippen LogP contribution in [0.5, 0.6) is 5.75 Å². The Kier molecular flexibility index (Phi) is 6.35. The zero-order valence-electron chi connectivity index (χ0n) is 16.4. The Morgan fingerprint density at radius 2 is 1.80 bits per heavy atom. The number of benzene rings is 2. The van der Waals surface area contributed by atoms with E-state index in [-0.39, 0.29) is 18.3 Å². The molecule has 2 heterocycles. The number of hydrogen-bond acceptors (Lipinski definition) is 4. The van der Waals surface area contributed by atoms with Crippen molar-refractivity contribution in [3.8, 4) is 5.75 Å². The summed E-state index contributed by atoms with van der Waals surface area (Å²) in [4.78, 5) is 16.9. The van der Waals surface area contributed by atoms with Gasteiger partial charge in [0.25, 0.3) is 5.91 Å². The monoisotopic (exact) mass is 428 g/mol. The topological polar surface area (TPSA) is 45.9 Å². The van der Waals surface area contributed by atoms with E-state index in [4.69, 9.17) is 20.8 Å². The van der Waals surface area contributed by atoms with Gasteiger partial charge in [-0.1, -0.05) is 23.7 Å². The lowest BCUT2D eigenvalue weighted by Crippen LogP contribution is -2.48. The number of ether oxygens (including phenoxy) is 1. The summed E-state index contributed by atoms with van der Waals surface area (Å²) in [6.45, 7) is 3.85. The maximum absolute atomic E-state index is 12.9. The van der Waals surface area contributed by atoms with Crippen molar-refractivity contribution in [2.45, 2.75) is 13.2 Å². The predicted octanol–water partition coefficient (Wildman–Crippen LogP) is 4.61. The number of nitrogens with zero attached hydrogens (tertiary/aromatic N) is 2. The van der Waals surface area contributed by atoms with Crippen molar-refractivity contribution in [1.29, 1.82) is 0 Å². The standard InChI is InChI=1S/C23H22ClFN2O3/c24-18-3-1-2-17(14-18)15-26-10-12-27(13-11-26)23(28)22-9-8-21(30-22)16-29-20-6-4-19(25)5-7-20/h1-9,14H,10-13,15-16H2. The quantitative estimate of drug-likeness (QED) is 0.575. The maximum atomic E-state index is 12.9. The third-order valence-corrected chi connectivity index (χ3v) is 5.26. The minimum atomic E-state index is -0.319. The molecule has 0 aliphatic carbocycles. The van der Waals surface area contributed by atoms with Gasteiger partial charge < -0.3 is 14.1 Å². The van der Waals surface area contributed by atoms with Crippen molar-refractivity contribution in [3.63, 3.8) is 0 Å². The van der Waals surface area contributed by atoms with Gasteiger partial charge in [0.2, 0.25) is 0 Å². The van der Waals surface area contributed by atoms with Crippen LogP contribution in [0.4, 0.5) is 4.39 Å². The molecule has 1 aliphatic rings. The van der Waals surface area contributed by atoms with E-state index >= 15 is 0 Å². The zero-order valence-corrected chi connectivity index (χ0v) is 17.1. The van der Waals surface area contributed by atoms with Gasteiger partial charge in [0.05, 0.1) is 0 Å². The van der Waals surface area contributed by atoms with Crippen LogP contribution in [0.2, 0.25) is 5.02 Å². The van der Waals surface area contributed by atoms with Gasteiger partial charge in [-0.15, -0.1) is 0 Å². The number of furan rings is 1. The summed E-state index contributed by atoms with van der Waals surface area (Å²) in [6, 6.07) is 17.0. The highest BCUT2D eigenvalue weighted by Gasteiger charge is 2.24. The molecule has 4 rings (SSSR count). The number of piperazine rings is 1. The van der Waals surface area contributed by atoms with E-state index in [1.165, 1.54) is 17.7 Å². The fraction of sp³-hybridized carbons (Fsp3) is 0.261. The minimum absolute atomic E-state index is 0.120. The number of halogens is 2. The van der Waals surface area contributed by atoms with Gasteiger partial charge in [-0.3, -0.25) is 9.69 Å². The Balaban J connectivity index is 1.27. The smallest absolute Gasteiger partial charge is 0.289 e. The van der Waals surface area contributed by atoms with E-state index < -0.39 is 0 Å². The Morgan fingerprint density at radius 1 is 1.03 bits per heavy atom. The van der Waals surface area contributed by atoms with Crippen LogP contribution in [0.1, 0.15) is 21.9 Å². The summed E-state index contributed by atoms with van der Waals surface area (Å²) in [5.74, 6) is 0.945. The molecule has 156 valence electrons. The van der Waals surface area contributed by atoms with Crippen molar-refractivity contribution >= 4 is 17.5 Å². The van der Waals surface area contributed by atoms with Gasteiger partial charge in [-0.25, -0.2) is 4.39 Å². The summed E-state index contributed by atoms with van der Waals surface area (Å²) in [5.41, 5.74) is 1.17. The molecule has 0 unspecified atom stereocenters. The SMILES string of the molecule is O=C(c1ccc(COc2ccc(F)cc2)o1)N1CCN(Cc2cccc(Cl)c2)CC1. The highest BCUT2D eigenvalue weighted by molar-refractivity contribution is 6.30. The molecule has 0 atom stereocenters. The molecule has 0 bridgehead atoms. The van der Waals surface area contributed by atoms with Gasteiger partial charge in [0, 0.05) is 37.7 Å². The largest absolute Gasteiger partial charge is 0.486 e. The molecule has 7 heteroatoms. The van der Waals surface area contributed by atoms with Crippen LogP contribution in [-0.2, 0) is 13.2 Å². The van der Waals surface area contributed by atoms with Crippen molar-refractivity contribution in [3.05, 3.63) is 88.6 Å². The van der Waals surface area contributed by atoms with Crippen molar-refractivity contribution < 1.29 is 18.3 Å². The lowest BCUT2D eigenvalue weighted by molar-refractivity contribution is 0.0594. The maximum Gasteiger partial charge on any atom is 0.289 e. The fourth-order valence-electron chi connectivity index (χ4n) is 3.41. The first-order valence-electron chi connectivity index (χ1n) is 9.80. The molecule has 0 radical (unpaired) electrons. The second kappa shape index (κ2) is 9.32. The van der Waals surface area contributed by atoms with Crippen LogP contribution >= 0.6 is 11.6 Å². The molecular formula is C23H22ClFN2O3. The van der Waals surface area contributed by atoms with Gasteiger partial charge in [-0.2, -0.15) is 0 Å². The van der Waals surface area contributed by atoms with Crippen molar-refractivity contribution in [2.24, 2.45) is 0 Å². The van der Waals surface area contributed by atoms with E-state index in [9.17, 15) is 9.18 Å². The highest BCUT2D eigenvalue weighted by Crippen LogP contribution is 2.18. The molecule has 1 saturated heterocycles. The van der Waals surface area contributed by atoms with Crippen LogP contribution in [0.25, 0.3) is 0 Å². The van der Waals surface area contributed by atoms with Crippen molar-refractivity contribution in [2.75, 3.05) is 26.2 Å². The second-order valence-electron chi connectivity index (χ2n) is 7.21. The fourth-order valence-corrected chi connectivity index (χ4v) is 3.63. The first-order chi connectivity index (χ1) is 14.6. The summed E-state index contributed by atoms with van der Waals surface area (Å²) < 4.78 is 24.2. The predicted molar refractivity (Wildman–Crippen MR) is 112 cm³/mol. The van der Waals surface area contributed by atoms with E-state index in [0.29, 0.717) is 30.4 Å². The number of rotatable bonds is 6. The minimum Gasteiger partial charge on any atom is -0.486 e. The van der Waals surface area contributed by atoms with Crippen LogP contribution in [0, 0.1) is 5.82 Å². The molecule has 5 nitrogen and oxygen atoms in total. The average Bonchev–Trinajstić information content (AvgIpc) is 3.22. The number of carbonyl (C=O) groups excluding carboxylic acids is 1. The van der Waals surface area contributed by atoms with Gasteiger partial charge in [0.1, 0.15) is 23.9 Å². The average molecular weight is 429 g/mol. The second-order valence-corrected chi connectivity index (χ2v) is 7.64. The summed E-state index contributed by atoms with van der Waals surface area (Å²) in [6.07, 6.45) is 0. The van der Waals surface area contributed by atoms with Gasteiger partial charge in [-0.05, 0) is 54.1 Å². The first-order valence-corrected chi connectivity index (χ1v) is 10.2. The Morgan fingerprint density at radius 3 is 2.53 bits per heavy atom. The number of hydrogen-bond donors (Lipinski definition) is 0. The lowest BCUT2D eigenvalue weighted by atomic mass is 10.2. The van der Waals surface area contributed by atoms with E-state index in [1.54, 1.807) is 29.2 Å². The van der Waals surface area contributed by atoms with Crippen LogP contribution < -0.4 is 4.74 Å². The Labute approximate surface area is 179 Å². The van der Waals surface area contributed by atoms with Gasteiger partial charge in [0.15, 0.2) is 5.76 Å². The third-order valence-electron chi connectivity index (χ3n) is 5.02. The molecule has 0 saturated carbocycles. The molecule has 1 aliphatic heterocycles. The molecule has 1 amide bonds. The van der Waals surface area contributed by atoms with E-state index in [2.05, 4.69) is 11.0 Å². The Bertz CT molecular complexity index is 998. The molecular weight excluding hydrogens is 407 g/mol. The summed E-state index contributed by atoms with van der Waals surface area (Å²) in [7, 11) is 0.